The molecule has 2 aromatic heterocycles. The average Bonchev–Trinajstić information content (AvgIpc) is 2.55. The summed E-state index contributed by atoms with van der Waals surface area (Å²) in [5.41, 5.74) is 0.904. The van der Waals surface area contributed by atoms with Gasteiger partial charge in [0.05, 0.1) is 0 Å². The van der Waals surface area contributed by atoms with Gasteiger partial charge in [-0.1, -0.05) is 0 Å². The van der Waals surface area contributed by atoms with Crippen LogP contribution in [0.1, 0.15) is 5.69 Å². The van der Waals surface area contributed by atoms with Crippen LogP contribution in [-0.4, -0.2) is 20.0 Å². The lowest BCUT2D eigenvalue weighted by atomic mass is 10.5. The number of hydrogen-bond donors (Lipinski definition) is 1. The molecule has 4 nitrogen and oxygen atoms in total. The van der Waals surface area contributed by atoms with Gasteiger partial charge in [0.1, 0.15) is 5.69 Å². The van der Waals surface area contributed by atoms with Crippen molar-refractivity contribution in [2.75, 3.05) is 0 Å². The number of H-pyrrole nitrogens is 1. The molecule has 11 heavy (non-hydrogen) atoms. The van der Waals surface area contributed by atoms with Gasteiger partial charge in [0.2, 0.25) is 0 Å². The van der Waals surface area contributed by atoms with Crippen molar-refractivity contribution in [1.82, 2.24) is 20.0 Å². The Morgan fingerprint density at radius 1 is 1.27 bits per heavy atom. The van der Waals surface area contributed by atoms with E-state index in [4.69, 9.17) is 0 Å². The Labute approximate surface area is 63.9 Å². The second-order valence-corrected chi connectivity index (χ2v) is 2.32. The van der Waals surface area contributed by atoms with E-state index in [1.807, 2.05) is 36.0 Å². The molecule has 0 saturated carbocycles. The topological polar surface area (TPSA) is 46.5 Å². The van der Waals surface area contributed by atoms with Crippen molar-refractivity contribution in [2.45, 2.75) is 6.92 Å². The van der Waals surface area contributed by atoms with Gasteiger partial charge in [-0.15, -0.1) is 5.10 Å². The highest BCUT2D eigenvalue weighted by Crippen LogP contribution is 2.05. The first kappa shape index (κ1) is 6.15. The lowest BCUT2D eigenvalue weighted by molar-refractivity contribution is 0.907. The summed E-state index contributed by atoms with van der Waals surface area (Å²) in [6.07, 6.45) is 3.87. The maximum absolute atomic E-state index is 3.99. The van der Waals surface area contributed by atoms with Crippen LogP contribution in [0.2, 0.25) is 0 Å². The molecule has 4 heteroatoms. The minimum absolute atomic E-state index is 0.856. The van der Waals surface area contributed by atoms with Gasteiger partial charge >= 0.3 is 0 Å². The van der Waals surface area contributed by atoms with Crippen LogP contribution in [0.25, 0.3) is 5.82 Å². The van der Waals surface area contributed by atoms with Crippen LogP contribution < -0.4 is 0 Å². The molecule has 1 N–H and O–H groups in total. The third-order valence-electron chi connectivity index (χ3n) is 1.55. The summed E-state index contributed by atoms with van der Waals surface area (Å²) in [7, 11) is 0. The SMILES string of the molecule is Cc1n[nH]nc1-n1cccc1. The van der Waals surface area contributed by atoms with Crippen molar-refractivity contribution < 1.29 is 0 Å². The molecular formula is C7H8N4. The van der Waals surface area contributed by atoms with Gasteiger partial charge in [-0.2, -0.15) is 10.3 Å². The van der Waals surface area contributed by atoms with Crippen molar-refractivity contribution >= 4 is 0 Å². The van der Waals surface area contributed by atoms with Gasteiger partial charge in [0, 0.05) is 12.4 Å². The molecule has 0 bridgehead atoms. The zero-order valence-electron chi connectivity index (χ0n) is 6.15. The number of nitrogens with zero attached hydrogens (tertiary/aromatic N) is 3. The average molecular weight is 148 g/mol. The van der Waals surface area contributed by atoms with Crippen LogP contribution in [0.4, 0.5) is 0 Å². The van der Waals surface area contributed by atoms with Gasteiger partial charge in [0.25, 0.3) is 0 Å². The zero-order chi connectivity index (χ0) is 7.68. The molecule has 0 amide bonds. The molecule has 0 unspecified atom stereocenters. The van der Waals surface area contributed by atoms with E-state index < -0.39 is 0 Å². The van der Waals surface area contributed by atoms with E-state index in [0.717, 1.165) is 11.5 Å². The molecule has 2 rings (SSSR count). The maximum atomic E-state index is 3.99. The lowest BCUT2D eigenvalue weighted by Gasteiger charge is -1.94. The molecule has 0 saturated heterocycles. The summed E-state index contributed by atoms with van der Waals surface area (Å²) in [6, 6.07) is 3.90. The van der Waals surface area contributed by atoms with Gasteiger partial charge < -0.3 is 4.57 Å². The largest absolute Gasteiger partial charge is 0.306 e. The molecule has 0 aliphatic heterocycles. The number of hydrogen-bond acceptors (Lipinski definition) is 2. The minimum atomic E-state index is 0.856. The predicted octanol–water partition coefficient (Wildman–Crippen LogP) is 0.904. The van der Waals surface area contributed by atoms with Crippen LogP contribution in [-0.2, 0) is 0 Å². The Balaban J connectivity index is 2.53. The van der Waals surface area contributed by atoms with Crippen molar-refractivity contribution in [3.63, 3.8) is 0 Å². The fourth-order valence-corrected chi connectivity index (χ4v) is 0.999. The Kier molecular flexibility index (Phi) is 1.25. The van der Waals surface area contributed by atoms with Crippen molar-refractivity contribution in [3.05, 3.63) is 30.2 Å². The van der Waals surface area contributed by atoms with Crippen LogP contribution in [0.15, 0.2) is 24.5 Å². The summed E-state index contributed by atoms with van der Waals surface area (Å²) in [5.74, 6) is 0.856. The van der Waals surface area contributed by atoms with Crippen LogP contribution in [0, 0.1) is 6.92 Å². The number of aromatic nitrogens is 4. The summed E-state index contributed by atoms with van der Waals surface area (Å²) >= 11 is 0. The van der Waals surface area contributed by atoms with Gasteiger partial charge in [-0.25, -0.2) is 0 Å². The van der Waals surface area contributed by atoms with E-state index in [1.54, 1.807) is 0 Å². The molecule has 2 heterocycles. The third-order valence-corrected chi connectivity index (χ3v) is 1.55. The molecule has 56 valence electrons. The monoisotopic (exact) mass is 148 g/mol. The number of aryl methyl sites for hydroxylation is 1. The van der Waals surface area contributed by atoms with E-state index in [2.05, 4.69) is 15.4 Å². The van der Waals surface area contributed by atoms with E-state index >= 15 is 0 Å². The molecule has 0 aromatic carbocycles. The van der Waals surface area contributed by atoms with Crippen LogP contribution in [0.3, 0.4) is 0 Å². The first-order valence-corrected chi connectivity index (χ1v) is 3.38. The molecule has 0 atom stereocenters. The Morgan fingerprint density at radius 2 is 2.00 bits per heavy atom. The Morgan fingerprint density at radius 3 is 2.55 bits per heavy atom. The first-order chi connectivity index (χ1) is 5.38. The highest BCUT2D eigenvalue weighted by atomic mass is 15.4. The predicted molar refractivity (Wildman–Crippen MR) is 40.4 cm³/mol. The van der Waals surface area contributed by atoms with E-state index in [-0.39, 0.29) is 0 Å². The van der Waals surface area contributed by atoms with Crippen molar-refractivity contribution in [3.8, 4) is 5.82 Å². The fourth-order valence-electron chi connectivity index (χ4n) is 0.999. The van der Waals surface area contributed by atoms with Crippen molar-refractivity contribution in [1.29, 1.82) is 0 Å². The molecular weight excluding hydrogens is 140 g/mol. The van der Waals surface area contributed by atoms with Gasteiger partial charge in [0.15, 0.2) is 5.82 Å². The number of nitrogens with one attached hydrogen (secondary N) is 1. The van der Waals surface area contributed by atoms with Crippen LogP contribution >= 0.6 is 0 Å². The fraction of sp³-hybridized carbons (Fsp3) is 0.143. The lowest BCUT2D eigenvalue weighted by Crippen LogP contribution is -1.91. The quantitative estimate of drug-likeness (QED) is 0.653. The molecule has 2 aromatic rings. The molecule has 0 radical (unpaired) electrons. The van der Waals surface area contributed by atoms with Gasteiger partial charge in [-0.3, -0.25) is 0 Å². The summed E-state index contributed by atoms with van der Waals surface area (Å²) in [6.45, 7) is 1.92. The number of aromatic amines is 1. The third kappa shape index (κ3) is 0.920. The normalized spacial score (nSPS) is 10.3. The highest BCUT2D eigenvalue weighted by molar-refractivity contribution is 5.25. The summed E-state index contributed by atoms with van der Waals surface area (Å²) in [4.78, 5) is 0. The van der Waals surface area contributed by atoms with E-state index in [9.17, 15) is 0 Å². The summed E-state index contributed by atoms with van der Waals surface area (Å²) in [5, 5.41) is 10.5. The maximum Gasteiger partial charge on any atom is 0.181 e. The molecule has 0 aliphatic rings. The summed E-state index contributed by atoms with van der Waals surface area (Å²) < 4.78 is 1.92. The number of rotatable bonds is 1. The Bertz CT molecular complexity index is 333. The highest BCUT2D eigenvalue weighted by Gasteiger charge is 2.01. The van der Waals surface area contributed by atoms with E-state index in [1.165, 1.54) is 0 Å². The standard InChI is InChI=1S/C7H8N4/c1-6-7(9-10-8-6)11-4-2-3-5-11/h2-5H,1H3,(H,8,9,10). The zero-order valence-corrected chi connectivity index (χ0v) is 6.15. The van der Waals surface area contributed by atoms with E-state index in [0.29, 0.717) is 0 Å². The first-order valence-electron chi connectivity index (χ1n) is 3.38. The molecule has 0 fully saturated rings. The second kappa shape index (κ2) is 2.23. The van der Waals surface area contributed by atoms with Gasteiger partial charge in [-0.05, 0) is 19.1 Å². The molecule has 0 spiro atoms. The Hall–Kier alpha value is -1.58. The molecule has 0 aliphatic carbocycles. The second-order valence-electron chi connectivity index (χ2n) is 2.32. The van der Waals surface area contributed by atoms with Crippen LogP contribution in [0.5, 0.6) is 0 Å². The van der Waals surface area contributed by atoms with Crippen molar-refractivity contribution in [2.24, 2.45) is 0 Å². The minimum Gasteiger partial charge on any atom is -0.306 e. The smallest absolute Gasteiger partial charge is 0.181 e.